The maximum Gasteiger partial charge on any atom is 0.447 e. The molecule has 0 atom stereocenters. The smallest absolute Gasteiger partial charge is 0.332 e. The summed E-state index contributed by atoms with van der Waals surface area (Å²) in [5.41, 5.74) is 3.64. The summed E-state index contributed by atoms with van der Waals surface area (Å²) >= 11 is 2.86. The molecule has 0 unspecified atom stereocenters. The average Bonchev–Trinajstić information content (AvgIpc) is 2.12. The van der Waals surface area contributed by atoms with Crippen LogP contribution in [-0.2, 0) is 11.1 Å². The molecule has 8 heteroatoms. The Balaban J connectivity index is 2.94. The molecule has 1 rings (SSSR count). The highest BCUT2D eigenvalue weighted by atomic mass is 79.9. The van der Waals surface area contributed by atoms with Gasteiger partial charge in [0.25, 0.3) is 0 Å². The van der Waals surface area contributed by atoms with Crippen molar-refractivity contribution >= 4 is 22.0 Å². The molecular weight excluding hydrogens is 295 g/mol. The van der Waals surface area contributed by atoms with Crippen molar-refractivity contribution in [3.63, 3.8) is 0 Å². The van der Waals surface area contributed by atoms with Crippen LogP contribution in [0.2, 0.25) is 0 Å². The van der Waals surface area contributed by atoms with Gasteiger partial charge in [0.15, 0.2) is 5.75 Å². The Labute approximate surface area is 96.2 Å². The summed E-state index contributed by atoms with van der Waals surface area (Å²) in [7, 11) is 0. The van der Waals surface area contributed by atoms with Crippen molar-refractivity contribution in [2.75, 3.05) is 0 Å². The minimum atomic E-state index is -4.52. The molecule has 4 nitrogen and oxygen atoms in total. The van der Waals surface area contributed by atoms with Crippen LogP contribution >= 0.6 is 15.9 Å². The topological polar surface area (TPSA) is 61.6 Å². The number of alkyl halides is 3. The number of benzene rings is 1. The van der Waals surface area contributed by atoms with Crippen molar-refractivity contribution in [2.45, 2.75) is 6.18 Å². The Morgan fingerprint density at radius 2 is 1.94 bits per heavy atom. The number of halogens is 4. The van der Waals surface area contributed by atoms with Crippen LogP contribution in [0.15, 0.2) is 22.7 Å². The number of carbonyl (C=O) groups is 1. The van der Waals surface area contributed by atoms with Crippen molar-refractivity contribution in [3.05, 3.63) is 28.2 Å². The molecular formula is C8H5BrF3NO3. The number of rotatable bonds is 2. The molecule has 0 heterocycles. The van der Waals surface area contributed by atoms with Gasteiger partial charge in [-0.3, -0.25) is 4.89 Å². The average molecular weight is 300 g/mol. The van der Waals surface area contributed by atoms with Crippen LogP contribution < -0.4 is 10.6 Å². The summed E-state index contributed by atoms with van der Waals surface area (Å²) in [5.74, 6) is -0.291. The maximum absolute atomic E-state index is 12.3. The summed E-state index contributed by atoms with van der Waals surface area (Å²) < 4.78 is 37.1. The molecule has 0 saturated carbocycles. The van der Waals surface area contributed by atoms with E-state index in [-0.39, 0.29) is 10.2 Å². The number of nitrogens with two attached hydrogens (primary N) is 1. The Hall–Kier alpha value is -1.44. The molecule has 0 aliphatic rings. The van der Waals surface area contributed by atoms with Gasteiger partial charge in [0.05, 0.1) is 5.56 Å². The van der Waals surface area contributed by atoms with E-state index in [9.17, 15) is 18.0 Å². The molecule has 0 aliphatic carbocycles. The first-order valence-electron chi connectivity index (χ1n) is 3.81. The second-order valence-corrected chi connectivity index (χ2v) is 3.57. The zero-order chi connectivity index (χ0) is 12.3. The fraction of sp³-hybridized carbons (Fsp3) is 0.125. The summed E-state index contributed by atoms with van der Waals surface area (Å²) in [4.78, 5) is 18.4. The molecule has 0 bridgehead atoms. The van der Waals surface area contributed by atoms with Crippen molar-refractivity contribution in [1.29, 1.82) is 0 Å². The number of primary amides is 1. The van der Waals surface area contributed by atoms with E-state index in [1.165, 1.54) is 6.07 Å². The SMILES string of the molecule is NC(=O)OOc1cc(Br)cc(C(F)(F)F)c1. The molecule has 0 aromatic heterocycles. The van der Waals surface area contributed by atoms with Crippen molar-refractivity contribution in [1.82, 2.24) is 0 Å². The predicted molar refractivity (Wildman–Crippen MR) is 50.4 cm³/mol. The molecule has 0 saturated heterocycles. The number of carbonyl (C=O) groups excluding carboxylic acids is 1. The largest absolute Gasteiger partial charge is 0.447 e. The quantitative estimate of drug-likeness (QED) is 0.675. The van der Waals surface area contributed by atoms with Crippen LogP contribution in [0.4, 0.5) is 18.0 Å². The maximum atomic E-state index is 12.3. The Morgan fingerprint density at radius 3 is 2.44 bits per heavy atom. The van der Waals surface area contributed by atoms with E-state index < -0.39 is 17.8 Å². The fourth-order valence-corrected chi connectivity index (χ4v) is 1.34. The highest BCUT2D eigenvalue weighted by Crippen LogP contribution is 2.34. The highest BCUT2D eigenvalue weighted by molar-refractivity contribution is 9.10. The first kappa shape index (κ1) is 12.6. The van der Waals surface area contributed by atoms with Gasteiger partial charge in [-0.05, 0) is 18.2 Å². The van der Waals surface area contributed by atoms with Crippen LogP contribution in [-0.4, -0.2) is 6.09 Å². The van der Waals surface area contributed by atoms with Crippen LogP contribution in [0.3, 0.4) is 0 Å². The lowest BCUT2D eigenvalue weighted by molar-refractivity contribution is -0.144. The summed E-state index contributed by atoms with van der Waals surface area (Å²) in [5, 5.41) is 0. The van der Waals surface area contributed by atoms with Crippen LogP contribution in [0.25, 0.3) is 0 Å². The Morgan fingerprint density at radius 1 is 1.31 bits per heavy atom. The minimum absolute atomic E-state index is 0.130. The molecule has 16 heavy (non-hydrogen) atoms. The molecule has 0 aliphatic heterocycles. The standard InChI is InChI=1S/C8H5BrF3NO3/c9-5-1-4(8(10,11)12)2-6(3-5)15-16-7(13)14/h1-3H,(H2,13,14). The lowest BCUT2D eigenvalue weighted by atomic mass is 10.2. The third kappa shape index (κ3) is 3.61. The zero-order valence-electron chi connectivity index (χ0n) is 7.55. The fourth-order valence-electron chi connectivity index (χ4n) is 0.864. The first-order chi connectivity index (χ1) is 7.29. The summed E-state index contributed by atoms with van der Waals surface area (Å²) in [6.07, 6.45) is -5.78. The van der Waals surface area contributed by atoms with Gasteiger partial charge in [-0.2, -0.15) is 13.2 Å². The second kappa shape index (κ2) is 4.60. The second-order valence-electron chi connectivity index (χ2n) is 2.66. The van der Waals surface area contributed by atoms with Gasteiger partial charge < -0.3 is 5.73 Å². The van der Waals surface area contributed by atoms with E-state index >= 15 is 0 Å². The third-order valence-electron chi connectivity index (χ3n) is 1.42. The van der Waals surface area contributed by atoms with E-state index in [1.54, 1.807) is 0 Å². The molecule has 0 spiro atoms. The highest BCUT2D eigenvalue weighted by Gasteiger charge is 2.31. The molecule has 0 radical (unpaired) electrons. The van der Waals surface area contributed by atoms with E-state index in [0.29, 0.717) is 6.07 Å². The van der Waals surface area contributed by atoms with Crippen LogP contribution in [0, 0.1) is 0 Å². The van der Waals surface area contributed by atoms with Gasteiger partial charge >= 0.3 is 12.3 Å². The molecule has 0 fully saturated rings. The summed E-state index contributed by atoms with van der Waals surface area (Å²) in [6.45, 7) is 0. The molecule has 88 valence electrons. The normalized spacial score (nSPS) is 11.0. The molecule has 1 aromatic rings. The van der Waals surface area contributed by atoms with Crippen molar-refractivity contribution in [3.8, 4) is 5.75 Å². The molecule has 2 N–H and O–H groups in total. The number of hydrogen-bond acceptors (Lipinski definition) is 3. The zero-order valence-corrected chi connectivity index (χ0v) is 9.13. The van der Waals surface area contributed by atoms with Crippen LogP contribution in [0.1, 0.15) is 5.56 Å². The van der Waals surface area contributed by atoms with E-state index in [1.807, 2.05) is 0 Å². The molecule has 1 aromatic carbocycles. The first-order valence-corrected chi connectivity index (χ1v) is 4.60. The van der Waals surface area contributed by atoms with Gasteiger partial charge in [-0.1, -0.05) is 15.9 Å². The van der Waals surface area contributed by atoms with Gasteiger partial charge in [-0.15, -0.1) is 0 Å². The lowest BCUT2D eigenvalue weighted by Crippen LogP contribution is -2.15. The third-order valence-corrected chi connectivity index (χ3v) is 1.88. The lowest BCUT2D eigenvalue weighted by Gasteiger charge is -2.09. The van der Waals surface area contributed by atoms with E-state index in [4.69, 9.17) is 0 Å². The minimum Gasteiger partial charge on any atom is -0.332 e. The molecule has 1 amide bonds. The number of hydrogen-bond donors (Lipinski definition) is 1. The van der Waals surface area contributed by atoms with Gasteiger partial charge in [0, 0.05) is 4.47 Å². The Bertz CT molecular complexity index is 408. The van der Waals surface area contributed by atoms with Gasteiger partial charge in [0.2, 0.25) is 0 Å². The number of amides is 1. The van der Waals surface area contributed by atoms with Crippen molar-refractivity contribution in [2.24, 2.45) is 5.73 Å². The van der Waals surface area contributed by atoms with Crippen molar-refractivity contribution < 1.29 is 27.7 Å². The summed E-state index contributed by atoms with van der Waals surface area (Å²) in [6, 6.07) is 2.73. The van der Waals surface area contributed by atoms with Gasteiger partial charge in [-0.25, -0.2) is 9.68 Å². The van der Waals surface area contributed by atoms with E-state index in [2.05, 4.69) is 31.4 Å². The Kier molecular flexibility index (Phi) is 3.63. The predicted octanol–water partition coefficient (Wildman–Crippen LogP) is 2.86. The monoisotopic (exact) mass is 299 g/mol. The van der Waals surface area contributed by atoms with E-state index in [0.717, 1.165) is 6.07 Å². The van der Waals surface area contributed by atoms with Gasteiger partial charge in [0.1, 0.15) is 0 Å². The van der Waals surface area contributed by atoms with Crippen LogP contribution in [0.5, 0.6) is 5.75 Å².